The Morgan fingerprint density at radius 2 is 1.20 bits per heavy atom. The molecule has 4 heterocycles. The van der Waals surface area contributed by atoms with Gasteiger partial charge in [-0.25, -0.2) is 9.97 Å². The quantitative estimate of drug-likeness (QED) is 0.131. The third-order valence-electron chi connectivity index (χ3n) is 10.9. The minimum absolute atomic E-state index is 0.0651. The Morgan fingerprint density at radius 3 is 1.75 bits per heavy atom. The number of benzene rings is 4. The van der Waals surface area contributed by atoms with Gasteiger partial charge in [-0.05, 0) is 79.7 Å². The average Bonchev–Trinajstić information content (AvgIpc) is 4.07. The van der Waals surface area contributed by atoms with Crippen LogP contribution >= 0.6 is 0 Å². The Morgan fingerprint density at radius 1 is 0.696 bits per heavy atom. The maximum Gasteiger partial charge on any atom is 0.261 e. The number of imidazole rings is 2. The van der Waals surface area contributed by atoms with E-state index in [2.05, 4.69) is 58.5 Å². The van der Waals surface area contributed by atoms with Gasteiger partial charge in [-0.1, -0.05) is 91.0 Å². The van der Waals surface area contributed by atoms with E-state index in [-0.39, 0.29) is 36.5 Å². The van der Waals surface area contributed by atoms with E-state index < -0.39 is 0 Å². The lowest BCUT2D eigenvalue weighted by Crippen LogP contribution is -2.40. The number of H-pyrrole nitrogens is 2. The molecule has 56 heavy (non-hydrogen) atoms. The van der Waals surface area contributed by atoms with Crippen LogP contribution in [0, 0.1) is 0 Å². The fourth-order valence-electron chi connectivity index (χ4n) is 8.07. The van der Waals surface area contributed by atoms with Crippen molar-refractivity contribution < 1.29 is 19.1 Å². The van der Waals surface area contributed by atoms with E-state index in [0.717, 1.165) is 76.5 Å². The minimum Gasteiger partial charge on any atom is -0.493 e. The number of likely N-dealkylation sites (N-methyl/N-ethyl adjacent to an activating group) is 1. The fraction of sp³-hybridized carbons (Fsp3) is 0.289. The first-order chi connectivity index (χ1) is 27.4. The summed E-state index contributed by atoms with van der Waals surface area (Å²) in [6, 6.07) is 33.6. The highest BCUT2D eigenvalue weighted by Crippen LogP contribution is 2.36. The van der Waals surface area contributed by atoms with Gasteiger partial charge >= 0.3 is 0 Å². The zero-order valence-electron chi connectivity index (χ0n) is 32.0. The van der Waals surface area contributed by atoms with Crippen molar-refractivity contribution in [2.75, 3.05) is 40.9 Å². The molecule has 3 atom stereocenters. The van der Waals surface area contributed by atoms with Crippen molar-refractivity contribution in [1.82, 2.24) is 34.6 Å². The molecule has 11 nitrogen and oxygen atoms in total. The van der Waals surface area contributed by atoms with Gasteiger partial charge in [0.2, 0.25) is 5.91 Å². The Balaban J connectivity index is 0.903. The van der Waals surface area contributed by atoms with Crippen LogP contribution in [0.25, 0.3) is 33.6 Å². The molecule has 2 aromatic heterocycles. The topological polar surface area (TPSA) is 120 Å². The molecule has 2 fully saturated rings. The summed E-state index contributed by atoms with van der Waals surface area (Å²) in [6.45, 7) is 1.31. The molecular formula is C45H47N7O4. The fourth-order valence-corrected chi connectivity index (χ4v) is 8.07. The maximum atomic E-state index is 13.9. The van der Waals surface area contributed by atoms with Gasteiger partial charge in [0.25, 0.3) is 5.91 Å². The molecule has 2 aliphatic heterocycles. The smallest absolute Gasteiger partial charge is 0.261 e. The van der Waals surface area contributed by atoms with Crippen LogP contribution in [-0.2, 0) is 9.59 Å². The van der Waals surface area contributed by atoms with Crippen LogP contribution in [0.2, 0.25) is 0 Å². The van der Waals surface area contributed by atoms with Crippen molar-refractivity contribution in [2.24, 2.45) is 0 Å². The Bertz CT molecular complexity index is 2270. The molecule has 0 unspecified atom stereocenters. The molecular weight excluding hydrogens is 703 g/mol. The average molecular weight is 750 g/mol. The van der Waals surface area contributed by atoms with Crippen LogP contribution in [0.5, 0.6) is 11.5 Å². The summed E-state index contributed by atoms with van der Waals surface area (Å²) in [5.74, 6) is 2.77. The summed E-state index contributed by atoms with van der Waals surface area (Å²) in [4.78, 5) is 49.4. The molecule has 0 radical (unpaired) electrons. The number of ether oxygens (including phenoxy) is 2. The third-order valence-corrected chi connectivity index (χ3v) is 10.9. The number of carbonyl (C=O) groups is 2. The molecule has 0 spiro atoms. The molecule has 0 bridgehead atoms. The minimum atomic E-state index is -0.345. The molecule has 0 saturated carbocycles. The summed E-state index contributed by atoms with van der Waals surface area (Å²) in [5, 5.41) is 0. The van der Waals surface area contributed by atoms with Gasteiger partial charge in [-0.2, -0.15) is 0 Å². The Labute approximate surface area is 327 Å². The molecule has 11 heteroatoms. The van der Waals surface area contributed by atoms with Crippen LogP contribution < -0.4 is 9.47 Å². The van der Waals surface area contributed by atoms with E-state index in [1.807, 2.05) is 89.7 Å². The second kappa shape index (κ2) is 16.3. The molecule has 286 valence electrons. The van der Waals surface area contributed by atoms with Gasteiger partial charge in [0, 0.05) is 13.1 Å². The van der Waals surface area contributed by atoms with Crippen LogP contribution in [0.3, 0.4) is 0 Å². The van der Waals surface area contributed by atoms with E-state index in [9.17, 15) is 9.59 Å². The van der Waals surface area contributed by atoms with Gasteiger partial charge in [0.15, 0.2) is 18.1 Å². The SMILES string of the molecule is COc1ccccc1OCC(=O)N1CCC[C@H]1c1ncc(-c2ccc(-c3ccc(-c4cnc([C@@H]5CCCN5C(=O)[C@@H](c5ccccc5)N(C)C)[nH]4)cc3)cc2)[nH]1. The predicted octanol–water partition coefficient (Wildman–Crippen LogP) is 7.85. The predicted molar refractivity (Wildman–Crippen MR) is 216 cm³/mol. The zero-order valence-corrected chi connectivity index (χ0v) is 32.0. The van der Waals surface area contributed by atoms with Crippen LogP contribution in [0.15, 0.2) is 116 Å². The summed E-state index contributed by atoms with van der Waals surface area (Å²) in [5.41, 5.74) is 7.07. The van der Waals surface area contributed by atoms with E-state index >= 15 is 0 Å². The van der Waals surface area contributed by atoms with E-state index in [0.29, 0.717) is 24.6 Å². The van der Waals surface area contributed by atoms with Gasteiger partial charge < -0.3 is 29.2 Å². The van der Waals surface area contributed by atoms with Gasteiger partial charge in [-0.15, -0.1) is 0 Å². The number of nitrogens with zero attached hydrogens (tertiary/aromatic N) is 5. The number of carbonyl (C=O) groups excluding carboxylic acids is 2. The third kappa shape index (κ3) is 7.54. The largest absolute Gasteiger partial charge is 0.493 e. The first kappa shape index (κ1) is 36.8. The Hall–Kier alpha value is -6.20. The summed E-state index contributed by atoms with van der Waals surface area (Å²) in [7, 11) is 5.50. The molecule has 2 saturated heterocycles. The maximum absolute atomic E-state index is 13.9. The van der Waals surface area contributed by atoms with Crippen LogP contribution in [0.4, 0.5) is 0 Å². The normalized spacial score (nSPS) is 17.4. The number of rotatable bonds is 12. The van der Waals surface area contributed by atoms with E-state index in [1.165, 1.54) is 0 Å². The number of aromatic amines is 2. The molecule has 4 aromatic carbocycles. The van der Waals surface area contributed by atoms with Crippen molar-refractivity contribution in [3.8, 4) is 45.1 Å². The van der Waals surface area contributed by atoms with Crippen LogP contribution in [0.1, 0.15) is 61.0 Å². The van der Waals surface area contributed by atoms with Crippen molar-refractivity contribution in [2.45, 2.75) is 43.8 Å². The second-order valence-corrected chi connectivity index (χ2v) is 14.7. The number of aromatic nitrogens is 4. The van der Waals surface area contributed by atoms with E-state index in [1.54, 1.807) is 13.2 Å². The highest BCUT2D eigenvalue weighted by Gasteiger charge is 2.37. The number of amides is 2. The zero-order chi connectivity index (χ0) is 38.6. The second-order valence-electron chi connectivity index (χ2n) is 14.7. The standard InChI is InChI=1S/C45H47N7O4/c1-50(2)42(34-11-5-4-6-12-34)45(54)52-26-10-14-38(52)44-47-28-36(49-44)33-23-19-31(20-24-33)30-17-21-32(22-18-30)35-27-46-43(48-35)37-13-9-25-51(37)41(53)29-56-40-16-8-7-15-39(40)55-3/h4-8,11-12,15-24,27-28,37-38,42H,9-10,13-14,25-26,29H2,1-3H3,(H,46,48)(H,47,49)/t37-,38-,42+/m0/s1. The molecule has 8 rings (SSSR count). The van der Waals surface area contributed by atoms with Crippen molar-refractivity contribution in [3.05, 3.63) is 133 Å². The first-order valence-corrected chi connectivity index (χ1v) is 19.3. The van der Waals surface area contributed by atoms with Gasteiger partial charge in [0.05, 0.1) is 43.0 Å². The molecule has 2 aliphatic rings. The van der Waals surface area contributed by atoms with Crippen molar-refractivity contribution in [1.29, 1.82) is 0 Å². The first-order valence-electron chi connectivity index (χ1n) is 19.3. The monoisotopic (exact) mass is 749 g/mol. The highest BCUT2D eigenvalue weighted by atomic mass is 16.5. The molecule has 2 amide bonds. The number of nitrogens with one attached hydrogen (secondary N) is 2. The van der Waals surface area contributed by atoms with Gasteiger partial charge in [0.1, 0.15) is 17.7 Å². The van der Waals surface area contributed by atoms with Crippen molar-refractivity contribution in [3.63, 3.8) is 0 Å². The lowest BCUT2D eigenvalue weighted by molar-refractivity contribution is -0.137. The number of para-hydroxylation sites is 2. The summed E-state index contributed by atoms with van der Waals surface area (Å²) >= 11 is 0. The number of likely N-dealkylation sites (tertiary alicyclic amines) is 2. The molecule has 2 N–H and O–H groups in total. The van der Waals surface area contributed by atoms with Crippen LogP contribution in [-0.4, -0.2) is 87.4 Å². The number of methoxy groups -OCH3 is 1. The summed E-state index contributed by atoms with van der Waals surface area (Å²) < 4.78 is 11.2. The molecule has 6 aromatic rings. The Kier molecular flexibility index (Phi) is 10.7. The van der Waals surface area contributed by atoms with Crippen molar-refractivity contribution >= 4 is 11.8 Å². The lowest BCUT2D eigenvalue weighted by atomic mass is 10.0. The summed E-state index contributed by atoms with van der Waals surface area (Å²) in [6.07, 6.45) is 7.28. The number of hydrogen-bond acceptors (Lipinski definition) is 7. The van der Waals surface area contributed by atoms with Gasteiger partial charge in [-0.3, -0.25) is 14.5 Å². The molecule has 0 aliphatic carbocycles. The lowest BCUT2D eigenvalue weighted by Gasteiger charge is -2.31. The number of hydrogen-bond donors (Lipinski definition) is 2. The highest BCUT2D eigenvalue weighted by molar-refractivity contribution is 5.84. The van der Waals surface area contributed by atoms with E-state index in [4.69, 9.17) is 19.4 Å².